The minimum Gasteiger partial charge on any atom is -0.325 e. The van der Waals surface area contributed by atoms with Crippen molar-refractivity contribution in [2.45, 2.75) is 46.6 Å². The highest BCUT2D eigenvalue weighted by molar-refractivity contribution is 9.10. The Morgan fingerprint density at radius 1 is 1.31 bits per heavy atom. The van der Waals surface area contributed by atoms with Crippen LogP contribution in [0.5, 0.6) is 0 Å². The molecule has 1 amide bonds. The number of thiophene rings is 1. The second-order valence-corrected chi connectivity index (χ2v) is 10.7. The molecule has 1 aromatic carbocycles. The number of amides is 1. The lowest BCUT2D eigenvalue weighted by molar-refractivity contribution is -0.116. The maximum Gasteiger partial charge on any atom is 0.262 e. The predicted octanol–water partition coefficient (Wildman–Crippen LogP) is 5.01. The molecule has 2 heterocycles. The summed E-state index contributed by atoms with van der Waals surface area (Å²) in [5.41, 5.74) is 1.98. The van der Waals surface area contributed by atoms with E-state index >= 15 is 0 Å². The number of aromatic nitrogens is 2. The standard InChI is InChI=1S/C22H24BrN3O2S/c1-22(2,3)13-4-9-16-17(10-13)29-20-19(16)21(28)26(12-24-20)11-18(27)25-15-7-5-14(23)6-8-15/h5-8,12-13H,4,9-11H2,1-3H3,(H,25,27). The number of carbonyl (C=O) groups is 1. The van der Waals surface area contributed by atoms with Crippen molar-refractivity contribution in [3.8, 4) is 0 Å². The van der Waals surface area contributed by atoms with E-state index in [4.69, 9.17) is 0 Å². The van der Waals surface area contributed by atoms with Crippen LogP contribution in [0.4, 0.5) is 5.69 Å². The van der Waals surface area contributed by atoms with Gasteiger partial charge in [0.05, 0.1) is 11.7 Å². The molecule has 0 saturated heterocycles. The van der Waals surface area contributed by atoms with Crippen molar-refractivity contribution in [3.05, 3.63) is 55.9 Å². The number of hydrogen-bond acceptors (Lipinski definition) is 4. The van der Waals surface area contributed by atoms with Crippen LogP contribution in [0.2, 0.25) is 0 Å². The summed E-state index contributed by atoms with van der Waals surface area (Å²) >= 11 is 5.01. The van der Waals surface area contributed by atoms with E-state index in [1.54, 1.807) is 11.3 Å². The summed E-state index contributed by atoms with van der Waals surface area (Å²) in [6, 6.07) is 7.34. The molecule has 0 saturated carbocycles. The number of rotatable bonds is 3. The summed E-state index contributed by atoms with van der Waals surface area (Å²) in [5, 5.41) is 3.53. The molecule has 4 rings (SSSR count). The summed E-state index contributed by atoms with van der Waals surface area (Å²) in [7, 11) is 0. The third-order valence-corrected chi connectivity index (χ3v) is 7.39. The average Bonchev–Trinajstić information content (AvgIpc) is 3.03. The molecule has 1 N–H and O–H groups in total. The number of aryl methyl sites for hydroxylation is 1. The first-order chi connectivity index (χ1) is 13.7. The number of hydrogen-bond donors (Lipinski definition) is 1. The molecule has 3 aromatic rings. The van der Waals surface area contributed by atoms with Gasteiger partial charge >= 0.3 is 0 Å². The number of nitrogens with one attached hydrogen (secondary N) is 1. The van der Waals surface area contributed by atoms with Gasteiger partial charge < -0.3 is 5.32 Å². The average molecular weight is 474 g/mol. The fourth-order valence-corrected chi connectivity index (χ4v) is 5.46. The molecule has 0 fully saturated rings. The Balaban J connectivity index is 1.59. The maximum atomic E-state index is 13.1. The molecule has 5 nitrogen and oxygen atoms in total. The Kier molecular flexibility index (Phi) is 5.38. The highest BCUT2D eigenvalue weighted by Gasteiger charge is 2.31. The first kappa shape index (κ1) is 20.3. The molecule has 7 heteroatoms. The van der Waals surface area contributed by atoms with E-state index in [9.17, 15) is 9.59 Å². The minimum absolute atomic E-state index is 0.0485. The lowest BCUT2D eigenvalue weighted by Gasteiger charge is -2.33. The summed E-state index contributed by atoms with van der Waals surface area (Å²) in [5.74, 6) is 0.370. The van der Waals surface area contributed by atoms with Crippen LogP contribution in [0.3, 0.4) is 0 Å². The van der Waals surface area contributed by atoms with E-state index < -0.39 is 0 Å². The third kappa shape index (κ3) is 4.16. The van der Waals surface area contributed by atoms with Crippen LogP contribution >= 0.6 is 27.3 Å². The van der Waals surface area contributed by atoms with Gasteiger partial charge in [-0.25, -0.2) is 4.98 Å². The van der Waals surface area contributed by atoms with E-state index in [1.807, 2.05) is 24.3 Å². The third-order valence-electron chi connectivity index (χ3n) is 5.70. The van der Waals surface area contributed by atoms with Gasteiger partial charge in [0.15, 0.2) is 0 Å². The van der Waals surface area contributed by atoms with Crippen LogP contribution in [0, 0.1) is 11.3 Å². The SMILES string of the molecule is CC(C)(C)C1CCc2c(sc3ncn(CC(=O)Nc4ccc(Br)cc4)c(=O)c23)C1. The maximum absolute atomic E-state index is 13.1. The number of halogens is 1. The van der Waals surface area contributed by atoms with E-state index in [0.29, 0.717) is 17.0 Å². The van der Waals surface area contributed by atoms with Crippen molar-refractivity contribution in [1.29, 1.82) is 0 Å². The quantitative estimate of drug-likeness (QED) is 0.581. The van der Waals surface area contributed by atoms with E-state index in [-0.39, 0.29) is 23.4 Å². The van der Waals surface area contributed by atoms with E-state index in [2.05, 4.69) is 47.0 Å². The van der Waals surface area contributed by atoms with Crippen LogP contribution in [0.25, 0.3) is 10.2 Å². The number of carbonyl (C=O) groups excluding carboxylic acids is 1. The lowest BCUT2D eigenvalue weighted by atomic mass is 9.72. The van der Waals surface area contributed by atoms with Crippen LogP contribution in [-0.2, 0) is 24.2 Å². The smallest absolute Gasteiger partial charge is 0.262 e. The molecule has 0 spiro atoms. The zero-order valence-electron chi connectivity index (χ0n) is 16.8. The summed E-state index contributed by atoms with van der Waals surface area (Å²) in [6.07, 6.45) is 4.49. The zero-order valence-corrected chi connectivity index (χ0v) is 19.2. The van der Waals surface area contributed by atoms with Gasteiger partial charge in [0.2, 0.25) is 5.91 Å². The molecule has 152 valence electrons. The largest absolute Gasteiger partial charge is 0.325 e. The molecular weight excluding hydrogens is 450 g/mol. The van der Waals surface area contributed by atoms with Crippen LogP contribution in [0.1, 0.15) is 37.6 Å². The Bertz CT molecular complexity index is 1130. The zero-order chi connectivity index (χ0) is 20.8. The minimum atomic E-state index is -0.243. The van der Waals surface area contributed by atoms with Crippen molar-refractivity contribution >= 4 is 49.1 Å². The Labute approximate surface area is 182 Å². The number of benzene rings is 1. The molecule has 1 atom stereocenters. The topological polar surface area (TPSA) is 64.0 Å². The highest BCUT2D eigenvalue weighted by Crippen LogP contribution is 2.41. The van der Waals surface area contributed by atoms with Crippen molar-refractivity contribution in [2.24, 2.45) is 11.3 Å². The van der Waals surface area contributed by atoms with Gasteiger partial charge in [0, 0.05) is 15.0 Å². The van der Waals surface area contributed by atoms with Gasteiger partial charge in [0.1, 0.15) is 11.4 Å². The summed E-state index contributed by atoms with van der Waals surface area (Å²) in [4.78, 5) is 32.1. The number of anilines is 1. The molecule has 1 unspecified atom stereocenters. The van der Waals surface area contributed by atoms with Gasteiger partial charge in [0.25, 0.3) is 5.56 Å². The Hall–Kier alpha value is -1.99. The second kappa shape index (κ2) is 7.69. The van der Waals surface area contributed by atoms with Crippen molar-refractivity contribution in [2.75, 3.05) is 5.32 Å². The van der Waals surface area contributed by atoms with Gasteiger partial charge in [-0.1, -0.05) is 36.7 Å². The molecule has 29 heavy (non-hydrogen) atoms. The highest BCUT2D eigenvalue weighted by atomic mass is 79.9. The molecular formula is C22H24BrN3O2S. The van der Waals surface area contributed by atoms with Crippen LogP contribution < -0.4 is 10.9 Å². The van der Waals surface area contributed by atoms with Crippen LogP contribution in [-0.4, -0.2) is 15.5 Å². The van der Waals surface area contributed by atoms with E-state index in [0.717, 1.165) is 34.1 Å². The van der Waals surface area contributed by atoms with Gasteiger partial charge in [-0.2, -0.15) is 0 Å². The molecule has 0 radical (unpaired) electrons. The second-order valence-electron chi connectivity index (χ2n) is 8.72. The number of fused-ring (bicyclic) bond motifs is 3. The predicted molar refractivity (Wildman–Crippen MR) is 122 cm³/mol. The molecule has 1 aliphatic carbocycles. The molecule has 1 aliphatic rings. The van der Waals surface area contributed by atoms with Gasteiger partial charge in [-0.05, 0) is 60.4 Å². The van der Waals surface area contributed by atoms with Gasteiger partial charge in [-0.15, -0.1) is 11.3 Å². The fraction of sp³-hybridized carbons (Fsp3) is 0.409. The molecule has 2 aromatic heterocycles. The van der Waals surface area contributed by atoms with Crippen molar-refractivity contribution in [3.63, 3.8) is 0 Å². The fourth-order valence-electron chi connectivity index (χ4n) is 3.94. The van der Waals surface area contributed by atoms with Crippen molar-refractivity contribution < 1.29 is 4.79 Å². The first-order valence-corrected chi connectivity index (χ1v) is 11.4. The summed E-state index contributed by atoms with van der Waals surface area (Å²) in [6.45, 7) is 6.80. The monoisotopic (exact) mass is 473 g/mol. The van der Waals surface area contributed by atoms with E-state index in [1.165, 1.54) is 15.8 Å². The Morgan fingerprint density at radius 2 is 2.03 bits per heavy atom. The Morgan fingerprint density at radius 3 is 2.72 bits per heavy atom. The normalized spacial score (nSPS) is 16.6. The first-order valence-electron chi connectivity index (χ1n) is 9.77. The van der Waals surface area contributed by atoms with Crippen molar-refractivity contribution in [1.82, 2.24) is 9.55 Å². The van der Waals surface area contributed by atoms with Crippen LogP contribution in [0.15, 0.2) is 39.9 Å². The molecule has 0 aliphatic heterocycles. The summed E-state index contributed by atoms with van der Waals surface area (Å²) < 4.78 is 2.36. The molecule has 0 bridgehead atoms. The van der Waals surface area contributed by atoms with Gasteiger partial charge in [-0.3, -0.25) is 14.2 Å². The number of nitrogens with zero attached hydrogens (tertiary/aromatic N) is 2. The lowest BCUT2D eigenvalue weighted by Crippen LogP contribution is -2.29.